The fourth-order valence-electron chi connectivity index (χ4n) is 2.99. The summed E-state index contributed by atoms with van der Waals surface area (Å²) in [6.45, 7) is 3.04. The van der Waals surface area contributed by atoms with Gasteiger partial charge in [0.05, 0.1) is 16.4 Å². The summed E-state index contributed by atoms with van der Waals surface area (Å²) in [6, 6.07) is 5.34. The second-order valence-corrected chi connectivity index (χ2v) is 9.33. The smallest absolute Gasteiger partial charge is 0.270 e. The van der Waals surface area contributed by atoms with Crippen molar-refractivity contribution in [1.29, 1.82) is 0 Å². The van der Waals surface area contributed by atoms with Gasteiger partial charge in [-0.3, -0.25) is 15.1 Å². The summed E-state index contributed by atoms with van der Waals surface area (Å²) in [5, 5.41) is 18.1. The van der Waals surface area contributed by atoms with E-state index in [4.69, 9.17) is 0 Å². The minimum absolute atomic E-state index is 0.0969. The number of guanidine groups is 1. The van der Waals surface area contributed by atoms with Crippen LogP contribution in [0.25, 0.3) is 0 Å². The Kier molecular flexibility index (Phi) is 8.52. The van der Waals surface area contributed by atoms with Crippen LogP contribution in [0.5, 0.6) is 0 Å². The van der Waals surface area contributed by atoms with Crippen molar-refractivity contribution < 1.29 is 13.3 Å². The van der Waals surface area contributed by atoms with E-state index >= 15 is 0 Å². The van der Waals surface area contributed by atoms with Crippen molar-refractivity contribution in [3.63, 3.8) is 0 Å². The normalized spacial score (nSPS) is 20.1. The van der Waals surface area contributed by atoms with Crippen LogP contribution in [0.3, 0.4) is 0 Å². The van der Waals surface area contributed by atoms with E-state index in [2.05, 4.69) is 26.6 Å². The Morgan fingerprint density at radius 1 is 1.39 bits per heavy atom. The molecule has 0 saturated heterocycles. The lowest BCUT2D eigenvalue weighted by Crippen LogP contribution is -2.43. The summed E-state index contributed by atoms with van der Waals surface area (Å²) in [5.41, 5.74) is -0.264. The minimum atomic E-state index is -3.83. The zero-order chi connectivity index (χ0) is 20.6. The maximum absolute atomic E-state index is 12.3. The molecule has 0 radical (unpaired) electrons. The second-order valence-electron chi connectivity index (χ2n) is 6.42. The monoisotopic (exact) mass is 429 g/mol. The molecule has 1 fully saturated rings. The lowest BCUT2D eigenvalue weighted by Gasteiger charge is -2.17. The van der Waals surface area contributed by atoms with Crippen LogP contribution in [0.15, 0.2) is 34.2 Å². The number of benzene rings is 1. The molecule has 156 valence electrons. The van der Waals surface area contributed by atoms with Gasteiger partial charge in [0.25, 0.3) is 5.69 Å². The molecule has 2 rings (SSSR count). The molecule has 3 N–H and O–H groups in total. The zero-order valence-corrected chi connectivity index (χ0v) is 17.7. The lowest BCUT2D eigenvalue weighted by atomic mass is 10.2. The fraction of sp³-hybridized carbons (Fsp3) is 0.588. The van der Waals surface area contributed by atoms with Gasteiger partial charge in [-0.25, -0.2) is 13.1 Å². The van der Waals surface area contributed by atoms with Crippen LogP contribution < -0.4 is 15.4 Å². The van der Waals surface area contributed by atoms with Crippen LogP contribution >= 0.6 is 11.8 Å². The number of hydrogen-bond acceptors (Lipinski definition) is 6. The maximum Gasteiger partial charge on any atom is 0.270 e. The molecule has 1 aromatic rings. The van der Waals surface area contributed by atoms with Gasteiger partial charge in [0, 0.05) is 36.5 Å². The van der Waals surface area contributed by atoms with Crippen molar-refractivity contribution in [2.45, 2.75) is 42.4 Å². The maximum atomic E-state index is 12.3. The number of hydrogen-bond donors (Lipinski definition) is 3. The topological polar surface area (TPSA) is 126 Å². The van der Waals surface area contributed by atoms with Gasteiger partial charge in [-0.1, -0.05) is 6.07 Å². The van der Waals surface area contributed by atoms with Gasteiger partial charge >= 0.3 is 0 Å². The summed E-state index contributed by atoms with van der Waals surface area (Å²) in [7, 11) is -3.83. The van der Waals surface area contributed by atoms with Crippen molar-refractivity contribution in [2.75, 3.05) is 25.9 Å². The van der Waals surface area contributed by atoms with E-state index in [0.717, 1.165) is 18.9 Å². The summed E-state index contributed by atoms with van der Waals surface area (Å²) >= 11 is 1.88. The Morgan fingerprint density at radius 3 is 2.82 bits per heavy atom. The quantitative estimate of drug-likeness (QED) is 0.179. The molecule has 28 heavy (non-hydrogen) atoms. The molecule has 0 aliphatic heterocycles. The number of nitro groups is 1. The van der Waals surface area contributed by atoms with Gasteiger partial charge in [0.1, 0.15) is 0 Å². The van der Waals surface area contributed by atoms with E-state index in [0.29, 0.717) is 23.8 Å². The highest BCUT2D eigenvalue weighted by molar-refractivity contribution is 7.99. The first-order valence-electron chi connectivity index (χ1n) is 9.17. The molecule has 1 aliphatic carbocycles. The Balaban J connectivity index is 1.90. The van der Waals surface area contributed by atoms with Crippen LogP contribution in [0.2, 0.25) is 0 Å². The van der Waals surface area contributed by atoms with Crippen LogP contribution in [0.1, 0.15) is 26.2 Å². The second kappa shape index (κ2) is 10.6. The van der Waals surface area contributed by atoms with Crippen molar-refractivity contribution in [3.05, 3.63) is 34.4 Å². The SMILES string of the molecule is CCNC(=NCCNS(=O)(=O)c1cccc([N+](=O)[O-])c1)NC1CCC(SC)C1. The summed E-state index contributed by atoms with van der Waals surface area (Å²) in [4.78, 5) is 14.5. The Bertz CT molecular complexity index is 800. The van der Waals surface area contributed by atoms with E-state index in [1.54, 1.807) is 0 Å². The average Bonchev–Trinajstić information content (AvgIpc) is 3.13. The van der Waals surface area contributed by atoms with Crippen molar-refractivity contribution in [3.8, 4) is 0 Å². The molecule has 0 aromatic heterocycles. The van der Waals surface area contributed by atoms with E-state index in [1.807, 2.05) is 18.7 Å². The third kappa shape index (κ3) is 6.64. The van der Waals surface area contributed by atoms with Gasteiger partial charge in [0.15, 0.2) is 5.96 Å². The summed E-state index contributed by atoms with van der Waals surface area (Å²) in [5.74, 6) is 0.670. The first-order chi connectivity index (χ1) is 13.4. The molecule has 0 spiro atoms. The molecule has 2 atom stereocenters. The first kappa shape index (κ1) is 22.4. The predicted molar refractivity (Wildman–Crippen MR) is 112 cm³/mol. The highest BCUT2D eigenvalue weighted by atomic mass is 32.2. The molecule has 0 amide bonds. The van der Waals surface area contributed by atoms with Crippen molar-refractivity contribution >= 4 is 33.4 Å². The van der Waals surface area contributed by atoms with Gasteiger partial charge in [-0.15, -0.1) is 0 Å². The minimum Gasteiger partial charge on any atom is -0.357 e. The Morgan fingerprint density at radius 2 is 2.18 bits per heavy atom. The van der Waals surface area contributed by atoms with E-state index in [1.165, 1.54) is 24.6 Å². The van der Waals surface area contributed by atoms with E-state index < -0.39 is 14.9 Å². The van der Waals surface area contributed by atoms with Crippen LogP contribution in [-0.2, 0) is 10.0 Å². The third-order valence-electron chi connectivity index (χ3n) is 4.42. The molecule has 9 nitrogen and oxygen atoms in total. The molecule has 0 heterocycles. The summed E-state index contributed by atoms with van der Waals surface area (Å²) in [6.07, 6.45) is 5.49. The molecule has 2 unspecified atom stereocenters. The summed E-state index contributed by atoms with van der Waals surface area (Å²) < 4.78 is 27.1. The van der Waals surface area contributed by atoms with Crippen molar-refractivity contribution in [2.24, 2.45) is 4.99 Å². The number of nitrogens with one attached hydrogen (secondary N) is 3. The average molecular weight is 430 g/mol. The molecular weight excluding hydrogens is 402 g/mol. The Labute approximate surface area is 170 Å². The van der Waals surface area contributed by atoms with Gasteiger partial charge in [-0.2, -0.15) is 11.8 Å². The number of non-ortho nitro benzene ring substituents is 1. The lowest BCUT2D eigenvalue weighted by molar-refractivity contribution is -0.385. The van der Waals surface area contributed by atoms with Crippen LogP contribution in [0, 0.1) is 10.1 Å². The van der Waals surface area contributed by atoms with Crippen molar-refractivity contribution in [1.82, 2.24) is 15.4 Å². The van der Waals surface area contributed by atoms with Gasteiger partial charge < -0.3 is 10.6 Å². The van der Waals surface area contributed by atoms with Gasteiger partial charge in [0.2, 0.25) is 10.0 Å². The van der Waals surface area contributed by atoms with E-state index in [-0.39, 0.29) is 23.7 Å². The number of sulfonamides is 1. The highest BCUT2D eigenvalue weighted by Crippen LogP contribution is 2.28. The highest BCUT2D eigenvalue weighted by Gasteiger charge is 2.24. The first-order valence-corrected chi connectivity index (χ1v) is 11.9. The zero-order valence-electron chi connectivity index (χ0n) is 16.1. The van der Waals surface area contributed by atoms with Crippen LogP contribution in [-0.4, -0.2) is 56.5 Å². The van der Waals surface area contributed by atoms with Crippen LogP contribution in [0.4, 0.5) is 5.69 Å². The number of aliphatic imine (C=N–C) groups is 1. The van der Waals surface area contributed by atoms with Gasteiger partial charge in [-0.05, 0) is 38.5 Å². The third-order valence-corrected chi connectivity index (χ3v) is 6.97. The Hall–Kier alpha value is -1.85. The number of nitrogens with zero attached hydrogens (tertiary/aromatic N) is 2. The van der Waals surface area contributed by atoms with E-state index in [9.17, 15) is 18.5 Å². The molecule has 1 aliphatic rings. The predicted octanol–water partition coefficient (Wildman–Crippen LogP) is 1.71. The number of thioether (sulfide) groups is 1. The standard InChI is InChI=1S/C17H27N5O4S2/c1-3-18-17(21-13-7-8-15(11-13)27-2)19-9-10-20-28(25,26)16-6-4-5-14(12-16)22(23)24/h4-6,12-13,15,20H,3,7-11H2,1-2H3,(H2,18,19,21). The molecule has 1 saturated carbocycles. The molecule has 0 bridgehead atoms. The molecule has 11 heteroatoms. The largest absolute Gasteiger partial charge is 0.357 e. The fourth-order valence-corrected chi connectivity index (χ4v) is 4.85. The molecular formula is C17H27N5O4S2. The number of rotatable bonds is 9. The number of nitro benzene ring substituents is 1. The molecule has 1 aromatic carbocycles.